The lowest BCUT2D eigenvalue weighted by molar-refractivity contribution is 1.21. The van der Waals surface area contributed by atoms with Gasteiger partial charge in [0, 0.05) is 0 Å². The number of nitrogen functional groups attached to an aromatic ring is 6. The summed E-state index contributed by atoms with van der Waals surface area (Å²) in [7, 11) is 0. The fourth-order valence-corrected chi connectivity index (χ4v) is 0.940. The molecule has 0 fully saturated rings. The molecule has 0 aromatic carbocycles. The molecule has 9 nitrogen and oxygen atoms in total. The molecule has 2 aromatic heterocycles. The molecule has 0 aliphatic rings. The van der Waals surface area contributed by atoms with Crippen LogP contribution in [0.3, 0.4) is 0 Å². The van der Waals surface area contributed by atoms with Crippen molar-refractivity contribution >= 4 is 34.8 Å². The smallest absolute Gasteiger partial charge is 0.224 e. The Morgan fingerprint density at radius 1 is 0.778 bits per heavy atom. The predicted octanol–water partition coefficient (Wildman–Crippen LogP) is -0.949. The number of hydrogen-bond acceptors (Lipinski definition) is 9. The van der Waals surface area contributed by atoms with Crippen molar-refractivity contribution in [1.29, 1.82) is 0 Å². The van der Waals surface area contributed by atoms with Gasteiger partial charge in [0.05, 0.1) is 11.9 Å². The molecule has 0 saturated heterocycles. The van der Waals surface area contributed by atoms with E-state index >= 15 is 0 Å². The third kappa shape index (κ3) is 3.56. The molecule has 0 aliphatic carbocycles. The Bertz CT molecular complexity index is 478. The zero-order valence-corrected chi connectivity index (χ0v) is 9.54. The largest absolute Gasteiger partial charge is 0.397 e. The summed E-state index contributed by atoms with van der Waals surface area (Å²) >= 11 is 0. The van der Waals surface area contributed by atoms with Gasteiger partial charge in [-0.2, -0.15) is 9.97 Å². The summed E-state index contributed by atoms with van der Waals surface area (Å²) in [5.41, 5.74) is 32.5. The summed E-state index contributed by atoms with van der Waals surface area (Å²) in [5, 5.41) is 0. The molecule has 0 amide bonds. The van der Waals surface area contributed by atoms with E-state index in [-0.39, 0.29) is 23.3 Å². The molecule has 0 radical (unpaired) electrons. The Balaban J connectivity index is 0.000000184. The molecule has 0 saturated carbocycles. The Morgan fingerprint density at radius 3 is 1.72 bits per heavy atom. The quantitative estimate of drug-likeness (QED) is 0.341. The van der Waals surface area contributed by atoms with Gasteiger partial charge in [-0.25, -0.2) is 4.98 Å². The van der Waals surface area contributed by atoms with E-state index in [1.807, 2.05) is 0 Å². The van der Waals surface area contributed by atoms with Crippen LogP contribution in [0.4, 0.5) is 34.8 Å². The van der Waals surface area contributed by atoms with Crippen molar-refractivity contribution < 1.29 is 0 Å². The zero-order chi connectivity index (χ0) is 13.7. The molecule has 2 aromatic rings. The van der Waals surface area contributed by atoms with E-state index in [1.165, 1.54) is 6.20 Å². The highest BCUT2D eigenvalue weighted by Gasteiger charge is 2.02. The molecular formula is C9H15N9. The number of rotatable bonds is 0. The maximum Gasteiger partial charge on any atom is 0.224 e. The van der Waals surface area contributed by atoms with Crippen molar-refractivity contribution in [2.24, 2.45) is 0 Å². The summed E-state index contributed by atoms with van der Waals surface area (Å²) in [6.07, 6.45) is 1.52. The molecule has 12 N–H and O–H groups in total. The van der Waals surface area contributed by atoms with Crippen LogP contribution in [0.2, 0.25) is 0 Å². The van der Waals surface area contributed by atoms with Crippen LogP contribution in [-0.2, 0) is 0 Å². The second-order valence-corrected chi connectivity index (χ2v) is 3.28. The first-order valence-corrected chi connectivity index (χ1v) is 4.81. The lowest BCUT2D eigenvalue weighted by Gasteiger charge is -2.01. The number of aromatic nitrogens is 3. The van der Waals surface area contributed by atoms with E-state index in [4.69, 9.17) is 34.4 Å². The molecule has 0 aliphatic heterocycles. The fraction of sp³-hybridized carbons (Fsp3) is 0. The van der Waals surface area contributed by atoms with Crippen LogP contribution < -0.4 is 34.4 Å². The zero-order valence-electron chi connectivity index (χ0n) is 9.54. The van der Waals surface area contributed by atoms with Crippen LogP contribution in [-0.4, -0.2) is 15.0 Å². The third-order valence-electron chi connectivity index (χ3n) is 1.83. The van der Waals surface area contributed by atoms with Gasteiger partial charge >= 0.3 is 0 Å². The van der Waals surface area contributed by atoms with Crippen molar-refractivity contribution in [1.82, 2.24) is 15.0 Å². The van der Waals surface area contributed by atoms with Crippen LogP contribution >= 0.6 is 0 Å². The summed E-state index contributed by atoms with van der Waals surface area (Å²) < 4.78 is 0. The third-order valence-corrected chi connectivity index (χ3v) is 1.83. The predicted molar refractivity (Wildman–Crippen MR) is 72.7 cm³/mol. The molecule has 0 atom stereocenters. The van der Waals surface area contributed by atoms with E-state index in [0.717, 1.165) is 0 Å². The van der Waals surface area contributed by atoms with Crippen LogP contribution in [0.1, 0.15) is 0 Å². The molecule has 0 unspecified atom stereocenters. The minimum Gasteiger partial charge on any atom is -0.397 e. The summed E-state index contributed by atoms with van der Waals surface area (Å²) in [4.78, 5) is 10.9. The van der Waals surface area contributed by atoms with Crippen molar-refractivity contribution in [2.75, 3.05) is 34.4 Å². The molecule has 2 heterocycles. The van der Waals surface area contributed by atoms with Gasteiger partial charge in [0.1, 0.15) is 11.5 Å². The average molecular weight is 249 g/mol. The van der Waals surface area contributed by atoms with Gasteiger partial charge in [-0.05, 0) is 12.1 Å². The lowest BCUT2D eigenvalue weighted by atomic mass is 10.4. The molecule has 0 spiro atoms. The van der Waals surface area contributed by atoms with E-state index in [1.54, 1.807) is 12.1 Å². The highest BCUT2D eigenvalue weighted by Crippen LogP contribution is 2.17. The van der Waals surface area contributed by atoms with Gasteiger partial charge in [0.25, 0.3) is 0 Å². The molecule has 0 bridgehead atoms. The van der Waals surface area contributed by atoms with Crippen LogP contribution in [0.25, 0.3) is 0 Å². The summed E-state index contributed by atoms with van der Waals surface area (Å²) in [6.45, 7) is 0. The Kier molecular flexibility index (Phi) is 3.92. The maximum atomic E-state index is 5.32. The lowest BCUT2D eigenvalue weighted by Crippen LogP contribution is -2.07. The molecule has 96 valence electrons. The minimum absolute atomic E-state index is 0.0317. The van der Waals surface area contributed by atoms with Gasteiger partial charge in [-0.15, -0.1) is 0 Å². The second kappa shape index (κ2) is 5.39. The normalized spacial score (nSPS) is 9.33. The highest BCUT2D eigenvalue weighted by atomic mass is 15.1. The fourth-order valence-electron chi connectivity index (χ4n) is 0.940. The minimum atomic E-state index is 0.0317. The van der Waals surface area contributed by atoms with Gasteiger partial charge in [0.2, 0.25) is 5.95 Å². The van der Waals surface area contributed by atoms with Gasteiger partial charge < -0.3 is 34.4 Å². The first-order chi connectivity index (χ1) is 8.40. The van der Waals surface area contributed by atoms with Crippen molar-refractivity contribution in [3.63, 3.8) is 0 Å². The Hall–Kier alpha value is -2.97. The van der Waals surface area contributed by atoms with E-state index < -0.39 is 0 Å². The van der Waals surface area contributed by atoms with E-state index in [9.17, 15) is 0 Å². The summed E-state index contributed by atoms with van der Waals surface area (Å²) in [6, 6.07) is 3.37. The number of anilines is 6. The topological polar surface area (TPSA) is 195 Å². The van der Waals surface area contributed by atoms with Gasteiger partial charge in [-0.1, -0.05) is 0 Å². The molecule has 2 rings (SSSR count). The second-order valence-electron chi connectivity index (χ2n) is 3.28. The molecule has 9 heteroatoms. The highest BCUT2D eigenvalue weighted by molar-refractivity contribution is 5.71. The Morgan fingerprint density at radius 2 is 1.33 bits per heavy atom. The first kappa shape index (κ1) is 13.1. The van der Waals surface area contributed by atoms with Crippen LogP contribution in [0.5, 0.6) is 0 Å². The number of pyridine rings is 1. The summed E-state index contributed by atoms with van der Waals surface area (Å²) in [5.74, 6) is 0.762. The Labute approximate surface area is 103 Å². The van der Waals surface area contributed by atoms with E-state index in [0.29, 0.717) is 11.5 Å². The SMILES string of the molecule is Nc1ccc(N)nc1.Nc1nc(N)c(N)c(N)n1. The van der Waals surface area contributed by atoms with Crippen LogP contribution in [0.15, 0.2) is 18.3 Å². The molecule has 18 heavy (non-hydrogen) atoms. The monoisotopic (exact) mass is 249 g/mol. The average Bonchev–Trinajstić information content (AvgIpc) is 2.31. The van der Waals surface area contributed by atoms with Gasteiger partial charge in [0.15, 0.2) is 11.6 Å². The van der Waals surface area contributed by atoms with Crippen molar-refractivity contribution in [3.8, 4) is 0 Å². The van der Waals surface area contributed by atoms with Crippen molar-refractivity contribution in [2.45, 2.75) is 0 Å². The van der Waals surface area contributed by atoms with Gasteiger partial charge in [-0.3, -0.25) is 0 Å². The molecular weight excluding hydrogens is 234 g/mol. The standard InChI is InChI=1S/C5H7N3.C4H8N6/c6-4-1-2-5(7)8-3-4;5-1-2(6)9-4(8)10-3(1)7/h1-3H,6H2,(H2,7,8);5H2,(H6,6,7,8,9,10). The number of nitrogens with zero attached hydrogens (tertiary/aromatic N) is 3. The van der Waals surface area contributed by atoms with Crippen molar-refractivity contribution in [3.05, 3.63) is 18.3 Å². The van der Waals surface area contributed by atoms with Crippen LogP contribution in [0, 0.1) is 0 Å². The first-order valence-electron chi connectivity index (χ1n) is 4.81. The number of nitrogens with two attached hydrogens (primary N) is 6. The maximum absolute atomic E-state index is 5.32. The van der Waals surface area contributed by atoms with E-state index in [2.05, 4.69) is 15.0 Å². The number of hydrogen-bond donors (Lipinski definition) is 6.